The molecule has 1 atom stereocenters. The van der Waals surface area contributed by atoms with Crippen LogP contribution in [0.5, 0.6) is 0 Å². The van der Waals surface area contributed by atoms with Crippen molar-refractivity contribution in [2.75, 3.05) is 6.54 Å². The number of hydrogen-bond donors (Lipinski definition) is 2. The van der Waals surface area contributed by atoms with E-state index in [0.29, 0.717) is 5.56 Å². The van der Waals surface area contributed by atoms with E-state index in [1.807, 2.05) is 67.2 Å². The number of carbonyl (C=O) groups is 1. The summed E-state index contributed by atoms with van der Waals surface area (Å²) in [6.45, 7) is 6.04. The van der Waals surface area contributed by atoms with Crippen molar-refractivity contribution in [2.45, 2.75) is 26.4 Å². The summed E-state index contributed by atoms with van der Waals surface area (Å²) in [6, 6.07) is 9.72. The summed E-state index contributed by atoms with van der Waals surface area (Å²) < 4.78 is 0. The van der Waals surface area contributed by atoms with Gasteiger partial charge in [0.15, 0.2) is 0 Å². The third-order valence-corrected chi connectivity index (χ3v) is 6.04. The molecule has 0 saturated carbocycles. The largest absolute Gasteiger partial charge is 0.378 e. The molecule has 25 heavy (non-hydrogen) atoms. The van der Waals surface area contributed by atoms with E-state index < -0.39 is 5.60 Å². The molecule has 0 radical (unpaired) electrons. The number of carbonyl (C=O) groups excluding carboxylic acids is 1. The van der Waals surface area contributed by atoms with E-state index >= 15 is 0 Å². The van der Waals surface area contributed by atoms with Crippen LogP contribution in [0.2, 0.25) is 0 Å². The van der Waals surface area contributed by atoms with E-state index in [2.05, 4.69) is 5.32 Å². The van der Waals surface area contributed by atoms with Gasteiger partial charge in [0.2, 0.25) is 0 Å². The standard InChI is InChI=1S/C20H21NO2S2/c1-13-9-14(2)18(15(3)10-13)19(22)21-12-20(23,16-6-8-24-11-16)17-5-4-7-25-17/h4-11,23H,12H2,1-3H3,(H,21,22). The minimum Gasteiger partial charge on any atom is -0.378 e. The van der Waals surface area contributed by atoms with Crippen molar-refractivity contribution in [3.8, 4) is 0 Å². The zero-order valence-corrected chi connectivity index (χ0v) is 16.1. The van der Waals surface area contributed by atoms with E-state index in [1.165, 1.54) is 22.7 Å². The zero-order chi connectivity index (χ0) is 18.0. The first-order valence-corrected chi connectivity index (χ1v) is 9.89. The lowest BCUT2D eigenvalue weighted by molar-refractivity contribution is 0.0720. The molecule has 0 bridgehead atoms. The van der Waals surface area contributed by atoms with Crippen LogP contribution >= 0.6 is 22.7 Å². The quantitative estimate of drug-likeness (QED) is 0.698. The fraction of sp³-hybridized carbons (Fsp3) is 0.250. The average molecular weight is 372 g/mol. The molecule has 3 nitrogen and oxygen atoms in total. The van der Waals surface area contributed by atoms with Crippen LogP contribution in [0.25, 0.3) is 0 Å². The lowest BCUT2D eigenvalue weighted by Gasteiger charge is -2.27. The Hall–Kier alpha value is -1.95. The minimum atomic E-state index is -1.21. The number of amides is 1. The lowest BCUT2D eigenvalue weighted by atomic mass is 9.94. The van der Waals surface area contributed by atoms with Crippen molar-refractivity contribution in [1.29, 1.82) is 0 Å². The second-order valence-corrected chi connectivity index (χ2v) is 8.03. The van der Waals surface area contributed by atoms with Gasteiger partial charge in [-0.25, -0.2) is 0 Å². The highest BCUT2D eigenvalue weighted by atomic mass is 32.1. The average Bonchev–Trinajstić information content (AvgIpc) is 3.24. The smallest absolute Gasteiger partial charge is 0.251 e. The van der Waals surface area contributed by atoms with E-state index in [4.69, 9.17) is 0 Å². The Balaban J connectivity index is 1.87. The van der Waals surface area contributed by atoms with Crippen LogP contribution in [0.15, 0.2) is 46.5 Å². The van der Waals surface area contributed by atoms with E-state index in [0.717, 1.165) is 27.1 Å². The predicted octanol–water partition coefficient (Wildman–Crippen LogP) is 4.40. The highest BCUT2D eigenvalue weighted by Crippen LogP contribution is 2.33. The van der Waals surface area contributed by atoms with Gasteiger partial charge >= 0.3 is 0 Å². The van der Waals surface area contributed by atoms with Gasteiger partial charge in [-0.3, -0.25) is 4.79 Å². The Morgan fingerprint density at radius 3 is 2.44 bits per heavy atom. The maximum atomic E-state index is 12.8. The fourth-order valence-corrected chi connectivity index (χ4v) is 4.75. The lowest BCUT2D eigenvalue weighted by Crippen LogP contribution is -2.41. The maximum Gasteiger partial charge on any atom is 0.251 e. The van der Waals surface area contributed by atoms with Gasteiger partial charge in [0.05, 0.1) is 6.54 Å². The van der Waals surface area contributed by atoms with Gasteiger partial charge in [-0.1, -0.05) is 23.8 Å². The van der Waals surface area contributed by atoms with Gasteiger partial charge in [0.1, 0.15) is 5.60 Å². The maximum absolute atomic E-state index is 12.8. The van der Waals surface area contributed by atoms with Crippen LogP contribution in [0.1, 0.15) is 37.5 Å². The summed E-state index contributed by atoms with van der Waals surface area (Å²) in [5.74, 6) is -0.153. The topological polar surface area (TPSA) is 49.3 Å². The van der Waals surface area contributed by atoms with Gasteiger partial charge in [-0.05, 0) is 60.2 Å². The first-order chi connectivity index (χ1) is 11.9. The SMILES string of the molecule is Cc1cc(C)c(C(=O)NCC(O)(c2ccsc2)c2cccs2)c(C)c1. The molecule has 0 fully saturated rings. The number of aryl methyl sites for hydroxylation is 3. The molecule has 1 unspecified atom stereocenters. The molecule has 2 heterocycles. The molecule has 5 heteroatoms. The van der Waals surface area contributed by atoms with Crippen molar-refractivity contribution in [3.05, 3.63) is 79.2 Å². The van der Waals surface area contributed by atoms with Crippen LogP contribution in [-0.2, 0) is 5.60 Å². The predicted molar refractivity (Wildman–Crippen MR) is 105 cm³/mol. The van der Waals surface area contributed by atoms with E-state index in [-0.39, 0.29) is 12.5 Å². The number of nitrogens with one attached hydrogen (secondary N) is 1. The second-order valence-electron chi connectivity index (χ2n) is 6.31. The molecule has 3 rings (SSSR count). The molecule has 0 aliphatic carbocycles. The number of benzene rings is 1. The first kappa shape index (κ1) is 17.9. The van der Waals surface area contributed by atoms with E-state index in [1.54, 1.807) is 0 Å². The van der Waals surface area contributed by atoms with Gasteiger partial charge in [-0.15, -0.1) is 11.3 Å². The highest BCUT2D eigenvalue weighted by Gasteiger charge is 2.34. The first-order valence-electron chi connectivity index (χ1n) is 8.07. The van der Waals surface area contributed by atoms with Crippen LogP contribution in [-0.4, -0.2) is 17.6 Å². The van der Waals surface area contributed by atoms with Crippen molar-refractivity contribution in [2.24, 2.45) is 0 Å². The molecule has 0 aliphatic heterocycles. The van der Waals surface area contributed by atoms with E-state index in [9.17, 15) is 9.90 Å². The normalized spacial score (nSPS) is 13.4. The number of aliphatic hydroxyl groups is 1. The molecular weight excluding hydrogens is 350 g/mol. The summed E-state index contributed by atoms with van der Waals surface area (Å²) in [4.78, 5) is 13.6. The van der Waals surface area contributed by atoms with Crippen molar-refractivity contribution in [3.63, 3.8) is 0 Å². The summed E-state index contributed by atoms with van der Waals surface area (Å²) in [7, 11) is 0. The number of rotatable bonds is 5. The van der Waals surface area contributed by atoms with Crippen LogP contribution < -0.4 is 5.32 Å². The zero-order valence-electron chi connectivity index (χ0n) is 14.5. The van der Waals surface area contributed by atoms with Gasteiger partial charge in [-0.2, -0.15) is 11.3 Å². The van der Waals surface area contributed by atoms with Crippen LogP contribution in [0.4, 0.5) is 0 Å². The Labute approximate surface area is 156 Å². The molecule has 1 aromatic carbocycles. The fourth-order valence-electron chi connectivity index (χ4n) is 3.18. The molecule has 3 aromatic rings. The Morgan fingerprint density at radius 2 is 1.88 bits per heavy atom. The number of hydrogen-bond acceptors (Lipinski definition) is 4. The van der Waals surface area contributed by atoms with Crippen molar-refractivity contribution >= 4 is 28.6 Å². The Morgan fingerprint density at radius 1 is 1.16 bits per heavy atom. The summed E-state index contributed by atoms with van der Waals surface area (Å²) in [5, 5.41) is 20.0. The molecule has 0 saturated heterocycles. The number of thiophene rings is 2. The molecule has 1 amide bonds. The summed E-state index contributed by atoms with van der Waals surface area (Å²) >= 11 is 3.02. The molecular formula is C20H21NO2S2. The summed E-state index contributed by atoms with van der Waals surface area (Å²) in [5.41, 5.74) is 3.31. The van der Waals surface area contributed by atoms with Crippen molar-refractivity contribution < 1.29 is 9.90 Å². The van der Waals surface area contributed by atoms with Crippen LogP contribution in [0.3, 0.4) is 0 Å². The molecule has 130 valence electrons. The third kappa shape index (κ3) is 3.54. The molecule has 0 spiro atoms. The summed E-state index contributed by atoms with van der Waals surface area (Å²) in [6.07, 6.45) is 0. The van der Waals surface area contributed by atoms with Gasteiger partial charge < -0.3 is 10.4 Å². The highest BCUT2D eigenvalue weighted by molar-refractivity contribution is 7.10. The third-order valence-electron chi connectivity index (χ3n) is 4.34. The van der Waals surface area contributed by atoms with Crippen LogP contribution in [0, 0.1) is 20.8 Å². The molecule has 0 aliphatic rings. The van der Waals surface area contributed by atoms with Gasteiger partial charge in [0, 0.05) is 16.0 Å². The molecule has 2 N–H and O–H groups in total. The Kier molecular flexibility index (Phi) is 5.08. The van der Waals surface area contributed by atoms with Crippen molar-refractivity contribution in [1.82, 2.24) is 5.32 Å². The minimum absolute atomic E-state index is 0.135. The monoisotopic (exact) mass is 371 g/mol. The molecule has 2 aromatic heterocycles. The van der Waals surface area contributed by atoms with Gasteiger partial charge in [0.25, 0.3) is 5.91 Å². The Bertz CT molecular complexity index is 810. The second kappa shape index (κ2) is 7.12.